The molecule has 0 amide bonds. The number of oxime groups is 1. The van der Waals surface area contributed by atoms with Crippen molar-refractivity contribution in [3.63, 3.8) is 0 Å². The van der Waals surface area contributed by atoms with Gasteiger partial charge < -0.3 is 9.74 Å². The number of alkyl halides is 2. The van der Waals surface area contributed by atoms with Gasteiger partial charge in [-0.1, -0.05) is 22.8 Å². The molecule has 3 atom stereocenters. The number of halogens is 5. The van der Waals surface area contributed by atoms with Crippen LogP contribution in [0.1, 0.15) is 19.0 Å². The van der Waals surface area contributed by atoms with Crippen LogP contribution in [0.4, 0.5) is 17.6 Å². The summed E-state index contributed by atoms with van der Waals surface area (Å²) < 4.78 is 84.1. The number of likely N-dealkylation sites (tertiary alicyclic amines) is 1. The number of nitrogens with one attached hydrogen (secondary N) is 1. The van der Waals surface area contributed by atoms with E-state index in [4.69, 9.17) is 16.4 Å². The monoisotopic (exact) mass is 520 g/mol. The van der Waals surface area contributed by atoms with E-state index in [2.05, 4.69) is 14.9 Å². The van der Waals surface area contributed by atoms with Crippen molar-refractivity contribution < 1.29 is 30.8 Å². The van der Waals surface area contributed by atoms with Gasteiger partial charge in [0.1, 0.15) is 30.3 Å². The van der Waals surface area contributed by atoms with E-state index in [0.717, 1.165) is 12.1 Å². The summed E-state index contributed by atoms with van der Waals surface area (Å²) in [5.74, 6) is -1.84. The van der Waals surface area contributed by atoms with Crippen LogP contribution in [0.5, 0.6) is 0 Å². The van der Waals surface area contributed by atoms with Crippen molar-refractivity contribution in [2.24, 2.45) is 5.16 Å². The van der Waals surface area contributed by atoms with Gasteiger partial charge >= 0.3 is 0 Å². The summed E-state index contributed by atoms with van der Waals surface area (Å²) in [6.45, 7) is 0.0382. The van der Waals surface area contributed by atoms with Crippen molar-refractivity contribution in [1.29, 1.82) is 0 Å². The van der Waals surface area contributed by atoms with Gasteiger partial charge in [-0.25, -0.2) is 30.7 Å². The summed E-state index contributed by atoms with van der Waals surface area (Å²) in [6, 6.07) is 3.53. The summed E-state index contributed by atoms with van der Waals surface area (Å²) in [5.41, 5.74) is -2.51. The molecule has 0 spiro atoms. The molecule has 2 aliphatic heterocycles. The van der Waals surface area contributed by atoms with Crippen LogP contribution >= 0.6 is 11.6 Å². The van der Waals surface area contributed by atoms with Crippen molar-refractivity contribution in [1.82, 2.24) is 14.6 Å². The summed E-state index contributed by atoms with van der Waals surface area (Å²) in [4.78, 5) is 11.0. The topological polar surface area (TPSA) is 83.9 Å². The van der Waals surface area contributed by atoms with Gasteiger partial charge in [0.05, 0.1) is 41.0 Å². The molecule has 2 aromatic rings. The fourth-order valence-electron chi connectivity index (χ4n) is 4.04. The third-order valence-electron chi connectivity index (χ3n) is 5.83. The normalized spacial score (nSPS) is 24.9. The molecule has 1 aromatic carbocycles. The number of aromatic nitrogens is 1. The van der Waals surface area contributed by atoms with Crippen molar-refractivity contribution in [2.75, 3.05) is 25.5 Å². The Morgan fingerprint density at radius 3 is 2.65 bits per heavy atom. The quantitative estimate of drug-likeness (QED) is 0.589. The zero-order valence-corrected chi connectivity index (χ0v) is 19.5. The molecule has 0 radical (unpaired) electrons. The Bertz CT molecular complexity index is 1210. The first-order valence-electron chi connectivity index (χ1n) is 10.4. The maximum absolute atomic E-state index is 14.6. The molecule has 1 unspecified atom stereocenters. The summed E-state index contributed by atoms with van der Waals surface area (Å²) in [6.07, 6.45) is -0.552. The van der Waals surface area contributed by atoms with Gasteiger partial charge in [-0.3, -0.25) is 4.98 Å². The molecule has 34 heavy (non-hydrogen) atoms. The van der Waals surface area contributed by atoms with Crippen LogP contribution < -0.4 is 4.72 Å². The highest BCUT2D eigenvalue weighted by Crippen LogP contribution is 2.42. The molecule has 1 saturated heterocycles. The largest absolute Gasteiger partial charge is 0.378 e. The third-order valence-corrected chi connectivity index (χ3v) is 7.46. The average molecular weight is 521 g/mol. The Labute approximate surface area is 198 Å². The Morgan fingerprint density at radius 2 is 2.00 bits per heavy atom. The number of hydrogen-bond donors (Lipinski definition) is 1. The zero-order chi connectivity index (χ0) is 24.7. The summed E-state index contributed by atoms with van der Waals surface area (Å²) >= 11 is 6.02. The number of rotatable bonds is 6. The number of hydrogen-bond acceptors (Lipinski definition) is 6. The van der Waals surface area contributed by atoms with E-state index in [1.54, 1.807) is 0 Å². The lowest BCUT2D eigenvalue weighted by Crippen LogP contribution is -2.42. The fourth-order valence-corrected chi connectivity index (χ4v) is 5.05. The summed E-state index contributed by atoms with van der Waals surface area (Å²) in [7, 11) is -3.64. The van der Waals surface area contributed by atoms with Crippen molar-refractivity contribution in [2.45, 2.75) is 31.2 Å². The van der Waals surface area contributed by atoms with Crippen LogP contribution in [0.15, 0.2) is 35.6 Å². The molecule has 184 valence electrons. The smallest absolute Gasteiger partial charge is 0.215 e. The third kappa shape index (κ3) is 4.58. The second kappa shape index (κ2) is 9.31. The minimum atomic E-state index is -3.64. The number of nitrogens with zero attached hydrogens (tertiary/aromatic N) is 3. The highest BCUT2D eigenvalue weighted by atomic mass is 35.5. The van der Waals surface area contributed by atoms with Gasteiger partial charge in [0, 0.05) is 18.3 Å². The van der Waals surface area contributed by atoms with E-state index < -0.39 is 51.7 Å². The predicted octanol–water partition coefficient (Wildman–Crippen LogP) is 3.54. The lowest BCUT2D eigenvalue weighted by Gasteiger charge is -2.26. The molecular formula is C21H21ClF4N4O3S. The van der Waals surface area contributed by atoms with E-state index in [9.17, 15) is 26.0 Å². The molecule has 2 aliphatic rings. The lowest BCUT2D eigenvalue weighted by molar-refractivity contribution is -0.0434. The van der Waals surface area contributed by atoms with Gasteiger partial charge in [0.2, 0.25) is 15.6 Å². The first-order chi connectivity index (χ1) is 16.1. The summed E-state index contributed by atoms with van der Waals surface area (Å²) in [5, 5.41) is 3.97. The number of pyridine rings is 1. The van der Waals surface area contributed by atoms with Crippen LogP contribution in [0.2, 0.25) is 5.02 Å². The highest BCUT2D eigenvalue weighted by Gasteiger charge is 2.48. The molecule has 1 aromatic heterocycles. The van der Waals surface area contributed by atoms with Crippen molar-refractivity contribution in [3.05, 3.63) is 52.8 Å². The second-order valence-corrected chi connectivity index (χ2v) is 10.6. The van der Waals surface area contributed by atoms with Gasteiger partial charge in [0.15, 0.2) is 0 Å². The lowest BCUT2D eigenvalue weighted by atomic mass is 9.89. The number of benzene rings is 1. The Kier molecular flexibility index (Phi) is 6.76. The molecular weight excluding hydrogens is 500 g/mol. The molecule has 4 rings (SSSR count). The first kappa shape index (κ1) is 24.7. The van der Waals surface area contributed by atoms with Gasteiger partial charge in [-0.05, 0) is 25.1 Å². The zero-order valence-electron chi connectivity index (χ0n) is 17.9. The SMILES string of the molecule is CCS(=O)(=O)N[C@@H]1CN(C2=NOC(CF)(c3ncc(Cl)cc3-c3c(F)cccc3F)C2)C[C@@H]1F. The molecule has 0 bridgehead atoms. The number of amidine groups is 1. The van der Waals surface area contributed by atoms with Crippen LogP contribution in [0, 0.1) is 11.6 Å². The Hall–Kier alpha value is -2.44. The average Bonchev–Trinajstić information content (AvgIpc) is 3.38. The van der Waals surface area contributed by atoms with E-state index >= 15 is 0 Å². The van der Waals surface area contributed by atoms with Crippen LogP contribution in [-0.2, 0) is 20.5 Å². The van der Waals surface area contributed by atoms with Crippen LogP contribution in [0.25, 0.3) is 11.1 Å². The molecule has 0 aliphatic carbocycles. The van der Waals surface area contributed by atoms with Crippen LogP contribution in [0.3, 0.4) is 0 Å². The Morgan fingerprint density at radius 1 is 1.29 bits per heavy atom. The first-order valence-corrected chi connectivity index (χ1v) is 12.4. The van der Waals surface area contributed by atoms with Gasteiger partial charge in [-0.15, -0.1) is 0 Å². The minimum absolute atomic E-state index is 0.0478. The maximum atomic E-state index is 14.6. The fraction of sp³-hybridized carbons (Fsp3) is 0.429. The minimum Gasteiger partial charge on any atom is -0.378 e. The molecule has 13 heteroatoms. The van der Waals surface area contributed by atoms with E-state index in [0.29, 0.717) is 0 Å². The van der Waals surface area contributed by atoms with Gasteiger partial charge in [-0.2, -0.15) is 0 Å². The highest BCUT2D eigenvalue weighted by molar-refractivity contribution is 7.89. The van der Waals surface area contributed by atoms with E-state index in [1.165, 1.54) is 30.2 Å². The van der Waals surface area contributed by atoms with Crippen LogP contribution in [-0.4, -0.2) is 61.9 Å². The maximum Gasteiger partial charge on any atom is 0.215 e. The number of sulfonamides is 1. The Balaban J connectivity index is 1.64. The second-order valence-electron chi connectivity index (χ2n) is 8.10. The molecule has 7 nitrogen and oxygen atoms in total. The standard InChI is InChI=1S/C21H21ClF4N4O3S/c1-2-34(31,32)29-17-10-30(9-16(17)26)18-7-21(11-23,33-28-18)20-13(6-12(22)8-27-20)19-14(24)4-3-5-15(19)25/h3-6,8,16-17,29H,2,7,9-11H2,1H3/t16-,17+,21?/m0/s1. The molecule has 3 heterocycles. The molecule has 1 N–H and O–H groups in total. The van der Waals surface area contributed by atoms with E-state index in [1.807, 2.05) is 0 Å². The van der Waals surface area contributed by atoms with Crippen molar-refractivity contribution in [3.8, 4) is 11.1 Å². The predicted molar refractivity (Wildman–Crippen MR) is 118 cm³/mol. The van der Waals surface area contributed by atoms with Gasteiger partial charge in [0.25, 0.3) is 0 Å². The molecule has 1 fully saturated rings. The van der Waals surface area contributed by atoms with E-state index in [-0.39, 0.29) is 47.4 Å². The molecule has 0 saturated carbocycles. The van der Waals surface area contributed by atoms with Crippen molar-refractivity contribution >= 4 is 27.5 Å².